The van der Waals surface area contributed by atoms with Gasteiger partial charge in [0.15, 0.2) is 0 Å². The minimum Gasteiger partial charge on any atom is -0.379 e. The van der Waals surface area contributed by atoms with Crippen LogP contribution in [0.1, 0.15) is 11.3 Å². The van der Waals surface area contributed by atoms with Crippen molar-refractivity contribution in [3.63, 3.8) is 0 Å². The van der Waals surface area contributed by atoms with Gasteiger partial charge >= 0.3 is 0 Å². The lowest BCUT2D eigenvalue weighted by molar-refractivity contribution is 0.803. The molecule has 0 bridgehead atoms. The summed E-state index contributed by atoms with van der Waals surface area (Å²) in [6.45, 7) is 0.640. The third kappa shape index (κ3) is 2.62. The number of aromatic nitrogens is 4. The summed E-state index contributed by atoms with van der Waals surface area (Å²) in [5.74, 6) is 0. The van der Waals surface area contributed by atoms with E-state index in [1.165, 1.54) is 0 Å². The van der Waals surface area contributed by atoms with Crippen molar-refractivity contribution in [3.8, 4) is 11.8 Å². The third-order valence-electron chi connectivity index (χ3n) is 3.23. The van der Waals surface area contributed by atoms with Gasteiger partial charge in [0, 0.05) is 19.8 Å². The van der Waals surface area contributed by atoms with Crippen LogP contribution in [0.5, 0.6) is 0 Å². The van der Waals surface area contributed by atoms with Crippen molar-refractivity contribution in [1.82, 2.24) is 19.6 Å². The molecule has 0 fully saturated rings. The first kappa shape index (κ1) is 12.9. The van der Waals surface area contributed by atoms with Gasteiger partial charge in [-0.05, 0) is 23.8 Å². The maximum absolute atomic E-state index is 8.98. The Morgan fingerprint density at radius 2 is 2.19 bits per heavy atom. The van der Waals surface area contributed by atoms with Gasteiger partial charge in [-0.3, -0.25) is 0 Å². The van der Waals surface area contributed by atoms with Crippen LogP contribution in [0.3, 0.4) is 0 Å². The lowest BCUT2D eigenvalue weighted by Gasteiger charge is -2.10. The molecular weight excluding hydrogens is 264 g/mol. The van der Waals surface area contributed by atoms with Gasteiger partial charge in [0.05, 0.1) is 23.8 Å². The second-order valence-corrected chi connectivity index (χ2v) is 4.67. The molecule has 3 rings (SSSR count). The average Bonchev–Trinajstić information content (AvgIpc) is 3.15. The smallest absolute Gasteiger partial charge is 0.120 e. The quantitative estimate of drug-likeness (QED) is 0.793. The Bertz CT molecular complexity index is 779. The van der Waals surface area contributed by atoms with Crippen LogP contribution in [0, 0.1) is 11.3 Å². The van der Waals surface area contributed by atoms with E-state index in [-0.39, 0.29) is 0 Å². The highest BCUT2D eigenvalue weighted by Gasteiger charge is 2.06. The molecule has 3 aromatic rings. The molecule has 21 heavy (non-hydrogen) atoms. The topological polar surface area (TPSA) is 71.5 Å². The third-order valence-corrected chi connectivity index (χ3v) is 3.23. The first-order chi connectivity index (χ1) is 10.3. The number of anilines is 1. The number of nitrogens with one attached hydrogen (secondary N) is 1. The number of nitriles is 1. The Kier molecular flexibility index (Phi) is 3.39. The van der Waals surface area contributed by atoms with Crippen LogP contribution in [0.4, 0.5) is 5.69 Å². The van der Waals surface area contributed by atoms with Crippen molar-refractivity contribution in [2.75, 3.05) is 5.32 Å². The summed E-state index contributed by atoms with van der Waals surface area (Å²) in [5.41, 5.74) is 3.61. The number of benzene rings is 1. The molecule has 0 aliphatic carbocycles. The number of nitrogens with zero attached hydrogens (tertiary/aromatic N) is 5. The van der Waals surface area contributed by atoms with E-state index in [1.54, 1.807) is 17.1 Å². The second-order valence-electron chi connectivity index (χ2n) is 4.67. The Labute approximate surface area is 122 Å². The molecule has 104 valence electrons. The zero-order chi connectivity index (χ0) is 14.7. The molecular formula is C15H14N6. The molecule has 2 aromatic heterocycles. The summed E-state index contributed by atoms with van der Waals surface area (Å²) < 4.78 is 3.54. The van der Waals surface area contributed by atoms with Crippen LogP contribution in [0.25, 0.3) is 5.69 Å². The van der Waals surface area contributed by atoms with Crippen LogP contribution in [-0.4, -0.2) is 19.6 Å². The van der Waals surface area contributed by atoms with Crippen LogP contribution >= 0.6 is 0 Å². The zero-order valence-corrected chi connectivity index (χ0v) is 11.6. The summed E-state index contributed by atoms with van der Waals surface area (Å²) in [6, 6.07) is 11.9. The van der Waals surface area contributed by atoms with Crippen molar-refractivity contribution in [1.29, 1.82) is 5.26 Å². The lowest BCUT2D eigenvalue weighted by atomic mass is 10.2. The first-order valence-electron chi connectivity index (χ1n) is 6.53. The fourth-order valence-corrected chi connectivity index (χ4v) is 2.20. The molecule has 1 aromatic carbocycles. The summed E-state index contributed by atoms with van der Waals surface area (Å²) in [6.07, 6.45) is 5.40. The number of hydrogen-bond donors (Lipinski definition) is 1. The number of rotatable bonds is 4. The summed E-state index contributed by atoms with van der Waals surface area (Å²) in [5, 5.41) is 20.2. The summed E-state index contributed by atoms with van der Waals surface area (Å²) in [7, 11) is 1.87. The van der Waals surface area contributed by atoms with Crippen molar-refractivity contribution in [2.24, 2.45) is 7.05 Å². The van der Waals surface area contributed by atoms with Crippen molar-refractivity contribution < 1.29 is 0 Å². The molecule has 0 unspecified atom stereocenters. The van der Waals surface area contributed by atoms with Crippen molar-refractivity contribution in [3.05, 3.63) is 60.2 Å². The Morgan fingerprint density at radius 1 is 1.33 bits per heavy atom. The Balaban J connectivity index is 1.81. The van der Waals surface area contributed by atoms with E-state index >= 15 is 0 Å². The monoisotopic (exact) mass is 278 g/mol. The maximum atomic E-state index is 8.98. The molecule has 0 amide bonds. The van der Waals surface area contributed by atoms with E-state index in [4.69, 9.17) is 5.26 Å². The molecule has 0 spiro atoms. The fourth-order valence-electron chi connectivity index (χ4n) is 2.20. The van der Waals surface area contributed by atoms with Gasteiger partial charge in [0.1, 0.15) is 11.8 Å². The number of hydrogen-bond acceptors (Lipinski definition) is 4. The second kappa shape index (κ2) is 5.51. The Morgan fingerprint density at radius 3 is 2.90 bits per heavy atom. The first-order valence-corrected chi connectivity index (χ1v) is 6.53. The van der Waals surface area contributed by atoms with Gasteiger partial charge in [0.2, 0.25) is 0 Å². The van der Waals surface area contributed by atoms with E-state index in [9.17, 15) is 0 Å². The van der Waals surface area contributed by atoms with E-state index < -0.39 is 0 Å². The van der Waals surface area contributed by atoms with Gasteiger partial charge in [-0.2, -0.15) is 5.26 Å². The maximum Gasteiger partial charge on any atom is 0.120 e. The molecule has 1 N–H and O–H groups in total. The minimum absolute atomic E-state index is 0.640. The minimum atomic E-state index is 0.640. The Hall–Kier alpha value is -3.07. The van der Waals surface area contributed by atoms with Crippen LogP contribution in [0.15, 0.2) is 48.9 Å². The molecule has 0 atom stereocenters. The highest BCUT2D eigenvalue weighted by atomic mass is 15.4. The van der Waals surface area contributed by atoms with E-state index in [2.05, 4.69) is 21.7 Å². The van der Waals surface area contributed by atoms with Gasteiger partial charge in [0.25, 0.3) is 0 Å². The van der Waals surface area contributed by atoms with Crippen molar-refractivity contribution in [2.45, 2.75) is 6.54 Å². The van der Waals surface area contributed by atoms with Gasteiger partial charge < -0.3 is 9.88 Å². The highest BCUT2D eigenvalue weighted by molar-refractivity contribution is 5.60. The molecule has 0 radical (unpaired) electrons. The predicted octanol–water partition coefficient (Wildman–Crippen LogP) is 2.09. The van der Waals surface area contributed by atoms with Gasteiger partial charge in [-0.1, -0.05) is 17.3 Å². The molecule has 2 heterocycles. The molecule has 0 saturated carbocycles. The normalized spacial score (nSPS) is 10.3. The van der Waals surface area contributed by atoms with E-state index in [0.29, 0.717) is 12.2 Å². The fraction of sp³-hybridized carbons (Fsp3) is 0.133. The van der Waals surface area contributed by atoms with Crippen LogP contribution in [-0.2, 0) is 13.6 Å². The highest BCUT2D eigenvalue weighted by Crippen LogP contribution is 2.19. The molecule has 0 aliphatic heterocycles. The lowest BCUT2D eigenvalue weighted by Crippen LogP contribution is -2.04. The summed E-state index contributed by atoms with van der Waals surface area (Å²) in [4.78, 5) is 0. The molecule has 6 nitrogen and oxygen atoms in total. The molecule has 6 heteroatoms. The summed E-state index contributed by atoms with van der Waals surface area (Å²) >= 11 is 0. The number of para-hydroxylation sites is 2. The zero-order valence-electron chi connectivity index (χ0n) is 11.6. The largest absolute Gasteiger partial charge is 0.379 e. The predicted molar refractivity (Wildman–Crippen MR) is 78.8 cm³/mol. The van der Waals surface area contributed by atoms with Gasteiger partial charge in [-0.25, -0.2) is 4.68 Å². The van der Waals surface area contributed by atoms with Gasteiger partial charge in [-0.15, -0.1) is 5.10 Å². The van der Waals surface area contributed by atoms with Crippen LogP contribution in [0.2, 0.25) is 0 Å². The SMILES string of the molecule is Cn1cc(CNc2ccccc2-n2ccnn2)cc1C#N. The van der Waals surface area contributed by atoms with E-state index in [1.807, 2.05) is 48.1 Å². The van der Waals surface area contributed by atoms with Crippen molar-refractivity contribution >= 4 is 5.69 Å². The van der Waals surface area contributed by atoms with E-state index in [0.717, 1.165) is 16.9 Å². The molecule has 0 aliphatic rings. The standard InChI is InChI=1S/C15H14N6/c1-20-11-12(8-13(20)9-16)10-17-14-4-2-3-5-15(14)21-7-6-18-19-21/h2-8,11,17H,10H2,1H3. The average molecular weight is 278 g/mol. The number of aryl methyl sites for hydroxylation is 1. The van der Waals surface area contributed by atoms with Crippen LogP contribution < -0.4 is 5.32 Å². The molecule has 0 saturated heterocycles.